The van der Waals surface area contributed by atoms with Gasteiger partial charge in [-0.3, -0.25) is 0 Å². The van der Waals surface area contributed by atoms with Gasteiger partial charge in [0.15, 0.2) is 0 Å². The third kappa shape index (κ3) is 5.08. The Morgan fingerprint density at radius 1 is 1.38 bits per heavy atom. The predicted molar refractivity (Wildman–Crippen MR) is 71.9 cm³/mol. The van der Waals surface area contributed by atoms with Crippen LogP contribution in [0.15, 0.2) is 11.6 Å². The minimum Gasteiger partial charge on any atom is -0.312 e. The van der Waals surface area contributed by atoms with Crippen molar-refractivity contribution in [2.75, 3.05) is 6.54 Å². The molecule has 0 aliphatic heterocycles. The lowest BCUT2D eigenvalue weighted by molar-refractivity contribution is 0.312. The van der Waals surface area contributed by atoms with Crippen LogP contribution >= 0.6 is 11.3 Å². The summed E-state index contributed by atoms with van der Waals surface area (Å²) in [5.41, 5.74) is 0.204. The van der Waals surface area contributed by atoms with Crippen molar-refractivity contribution >= 4 is 11.3 Å². The Morgan fingerprint density at radius 3 is 2.50 bits per heavy atom. The highest BCUT2D eigenvalue weighted by atomic mass is 32.1. The lowest BCUT2D eigenvalue weighted by Gasteiger charge is -2.27. The monoisotopic (exact) mass is 240 g/mol. The van der Waals surface area contributed by atoms with E-state index in [0.29, 0.717) is 11.8 Å². The molecule has 1 aromatic heterocycles. The Morgan fingerprint density at radius 2 is 2.06 bits per heavy atom. The molecule has 92 valence electrons. The Balaban J connectivity index is 2.48. The molecule has 0 radical (unpaired) electrons. The highest BCUT2D eigenvalue weighted by molar-refractivity contribution is 7.09. The first-order valence-electron chi connectivity index (χ1n) is 6.02. The van der Waals surface area contributed by atoms with Gasteiger partial charge in [0.1, 0.15) is 0 Å². The van der Waals surface area contributed by atoms with E-state index >= 15 is 0 Å². The van der Waals surface area contributed by atoms with Gasteiger partial charge in [-0.2, -0.15) is 0 Å². The molecule has 0 amide bonds. The first-order chi connectivity index (χ1) is 7.38. The van der Waals surface area contributed by atoms with Gasteiger partial charge in [-0.05, 0) is 39.2 Å². The van der Waals surface area contributed by atoms with Gasteiger partial charge in [0, 0.05) is 23.5 Å². The average molecular weight is 240 g/mol. The zero-order chi connectivity index (χ0) is 12.2. The Hall–Kier alpha value is -0.410. The Bertz CT molecular complexity index is 285. The largest absolute Gasteiger partial charge is 0.312 e. The normalized spacial score (nSPS) is 14.4. The number of aromatic nitrogens is 1. The van der Waals surface area contributed by atoms with Crippen LogP contribution in [0.2, 0.25) is 0 Å². The Kier molecular flexibility index (Phi) is 4.93. The summed E-state index contributed by atoms with van der Waals surface area (Å²) < 4.78 is 0. The van der Waals surface area contributed by atoms with Crippen LogP contribution in [-0.4, -0.2) is 17.1 Å². The van der Waals surface area contributed by atoms with E-state index in [1.165, 1.54) is 5.01 Å². The maximum Gasteiger partial charge on any atom is 0.0928 e. The summed E-state index contributed by atoms with van der Waals surface area (Å²) in [6.45, 7) is 12.3. The van der Waals surface area contributed by atoms with Crippen LogP contribution < -0.4 is 5.32 Å². The molecular weight excluding hydrogens is 216 g/mol. The molecule has 1 aromatic rings. The summed E-state index contributed by atoms with van der Waals surface area (Å²) in [5, 5.41) is 6.91. The molecule has 1 heterocycles. The fourth-order valence-electron chi connectivity index (χ4n) is 1.56. The zero-order valence-corrected chi connectivity index (χ0v) is 11.9. The number of nitrogens with zero attached hydrogens (tertiary/aromatic N) is 1. The van der Waals surface area contributed by atoms with Gasteiger partial charge in [-0.25, -0.2) is 4.98 Å². The summed E-state index contributed by atoms with van der Waals surface area (Å²) in [4.78, 5) is 4.37. The Labute approximate surface area is 103 Å². The average Bonchev–Trinajstić information content (AvgIpc) is 2.62. The molecule has 0 saturated heterocycles. The molecule has 1 unspecified atom stereocenters. The zero-order valence-electron chi connectivity index (χ0n) is 11.1. The number of thiazole rings is 1. The van der Waals surface area contributed by atoms with Gasteiger partial charge >= 0.3 is 0 Å². The maximum absolute atomic E-state index is 4.37. The van der Waals surface area contributed by atoms with Crippen LogP contribution in [0.3, 0.4) is 0 Å². The molecule has 0 fully saturated rings. The molecule has 16 heavy (non-hydrogen) atoms. The first kappa shape index (κ1) is 13.7. The van der Waals surface area contributed by atoms with Crippen molar-refractivity contribution in [2.45, 2.75) is 46.6 Å². The molecule has 0 aromatic carbocycles. The lowest BCUT2D eigenvalue weighted by atomic mass is 9.92. The van der Waals surface area contributed by atoms with Crippen LogP contribution in [0.4, 0.5) is 0 Å². The van der Waals surface area contributed by atoms with E-state index in [2.05, 4.69) is 50.3 Å². The van der Waals surface area contributed by atoms with Crippen molar-refractivity contribution < 1.29 is 0 Å². The van der Waals surface area contributed by atoms with Crippen LogP contribution in [0.1, 0.15) is 39.6 Å². The van der Waals surface area contributed by atoms with E-state index in [0.717, 1.165) is 13.0 Å². The molecule has 0 aliphatic carbocycles. The lowest BCUT2D eigenvalue weighted by Crippen LogP contribution is -2.40. The molecule has 1 rings (SSSR count). The van der Waals surface area contributed by atoms with E-state index in [1.54, 1.807) is 11.3 Å². The van der Waals surface area contributed by atoms with Crippen molar-refractivity contribution in [3.63, 3.8) is 0 Å². The van der Waals surface area contributed by atoms with E-state index < -0.39 is 0 Å². The highest BCUT2D eigenvalue weighted by Gasteiger charge is 2.18. The van der Waals surface area contributed by atoms with Gasteiger partial charge in [0.05, 0.1) is 5.01 Å². The van der Waals surface area contributed by atoms with E-state index in [4.69, 9.17) is 0 Å². The highest BCUT2D eigenvalue weighted by Crippen LogP contribution is 2.18. The smallest absolute Gasteiger partial charge is 0.0928 e. The number of hydrogen-bond acceptors (Lipinski definition) is 3. The molecule has 0 saturated carbocycles. The van der Waals surface area contributed by atoms with Gasteiger partial charge in [-0.15, -0.1) is 11.3 Å². The second-order valence-corrected chi connectivity index (χ2v) is 6.74. The number of rotatable bonds is 5. The van der Waals surface area contributed by atoms with Gasteiger partial charge in [-0.1, -0.05) is 13.8 Å². The fraction of sp³-hybridized carbons (Fsp3) is 0.769. The second kappa shape index (κ2) is 5.78. The van der Waals surface area contributed by atoms with E-state index in [9.17, 15) is 0 Å². The third-order valence-corrected chi connectivity index (χ3v) is 3.56. The van der Waals surface area contributed by atoms with Crippen molar-refractivity contribution in [2.24, 2.45) is 11.8 Å². The quantitative estimate of drug-likeness (QED) is 0.854. The maximum atomic E-state index is 4.37. The molecule has 1 N–H and O–H groups in total. The number of hydrogen-bond donors (Lipinski definition) is 1. The summed E-state index contributed by atoms with van der Waals surface area (Å²) >= 11 is 1.76. The SMILES string of the molecule is CC(C)C(CNC(C)(C)C)Cc1nccs1. The molecule has 0 bridgehead atoms. The number of nitrogens with one attached hydrogen (secondary N) is 1. The minimum atomic E-state index is 0.204. The van der Waals surface area contributed by atoms with E-state index in [1.807, 2.05) is 6.20 Å². The van der Waals surface area contributed by atoms with Gasteiger partial charge in [0.2, 0.25) is 0 Å². The topological polar surface area (TPSA) is 24.9 Å². The van der Waals surface area contributed by atoms with Crippen molar-refractivity contribution in [3.05, 3.63) is 16.6 Å². The molecule has 3 heteroatoms. The third-order valence-electron chi connectivity index (χ3n) is 2.76. The van der Waals surface area contributed by atoms with Crippen molar-refractivity contribution in [3.8, 4) is 0 Å². The summed E-state index contributed by atoms with van der Waals surface area (Å²) in [6.07, 6.45) is 2.99. The van der Waals surface area contributed by atoms with Gasteiger partial charge < -0.3 is 5.32 Å². The summed E-state index contributed by atoms with van der Waals surface area (Å²) in [5.74, 6) is 1.36. The molecule has 0 spiro atoms. The van der Waals surface area contributed by atoms with Crippen molar-refractivity contribution in [1.29, 1.82) is 0 Å². The standard InChI is InChI=1S/C13H24N2S/c1-10(2)11(9-15-13(3,4)5)8-12-14-6-7-16-12/h6-7,10-11,15H,8-9H2,1-5H3. The van der Waals surface area contributed by atoms with E-state index in [-0.39, 0.29) is 5.54 Å². The van der Waals surface area contributed by atoms with Crippen LogP contribution in [0.5, 0.6) is 0 Å². The summed E-state index contributed by atoms with van der Waals surface area (Å²) in [6, 6.07) is 0. The van der Waals surface area contributed by atoms with Crippen LogP contribution in [0, 0.1) is 11.8 Å². The fourth-order valence-corrected chi connectivity index (χ4v) is 2.27. The minimum absolute atomic E-state index is 0.204. The molecule has 0 aliphatic rings. The van der Waals surface area contributed by atoms with Crippen LogP contribution in [0.25, 0.3) is 0 Å². The van der Waals surface area contributed by atoms with Crippen molar-refractivity contribution in [1.82, 2.24) is 10.3 Å². The molecule has 1 atom stereocenters. The molecule has 2 nitrogen and oxygen atoms in total. The second-order valence-electron chi connectivity index (χ2n) is 5.76. The first-order valence-corrected chi connectivity index (χ1v) is 6.90. The van der Waals surface area contributed by atoms with Gasteiger partial charge in [0.25, 0.3) is 0 Å². The molecular formula is C13H24N2S. The van der Waals surface area contributed by atoms with Crippen LogP contribution in [-0.2, 0) is 6.42 Å². The summed E-state index contributed by atoms with van der Waals surface area (Å²) in [7, 11) is 0. The predicted octanol–water partition coefficient (Wildman–Crippen LogP) is 3.35.